The predicted octanol–water partition coefficient (Wildman–Crippen LogP) is 1.96. The van der Waals surface area contributed by atoms with E-state index in [1.54, 1.807) is 11.0 Å². The summed E-state index contributed by atoms with van der Waals surface area (Å²) >= 11 is 7.24. The number of likely N-dealkylation sites (tertiary alicyclic amines) is 1. The van der Waals surface area contributed by atoms with E-state index in [4.69, 9.17) is 16.7 Å². The van der Waals surface area contributed by atoms with Crippen LogP contribution < -0.4 is 5.32 Å². The lowest BCUT2D eigenvalue weighted by Crippen LogP contribution is -2.48. The van der Waals surface area contributed by atoms with Gasteiger partial charge in [-0.1, -0.05) is 18.0 Å². The fourth-order valence-electron chi connectivity index (χ4n) is 2.33. The van der Waals surface area contributed by atoms with Crippen molar-refractivity contribution in [2.24, 2.45) is 0 Å². The van der Waals surface area contributed by atoms with Gasteiger partial charge in [0.1, 0.15) is 6.04 Å². The van der Waals surface area contributed by atoms with E-state index in [-0.39, 0.29) is 12.5 Å². The van der Waals surface area contributed by atoms with E-state index < -0.39 is 12.0 Å². The Morgan fingerprint density at radius 3 is 2.90 bits per heavy atom. The number of piperidine rings is 1. The Labute approximate surface area is 126 Å². The SMILES string of the molecule is O=C(CN1CCCCC1C(=O)O)NCc1ccc(Cl)s1. The number of carboxylic acid groups (broad SMARTS) is 1. The van der Waals surface area contributed by atoms with Crippen molar-refractivity contribution in [3.05, 3.63) is 21.3 Å². The molecule has 0 aliphatic carbocycles. The number of thiophene rings is 1. The number of carboxylic acids is 1. The zero-order chi connectivity index (χ0) is 14.5. The number of carbonyl (C=O) groups excluding carboxylic acids is 1. The number of hydrogen-bond acceptors (Lipinski definition) is 4. The molecule has 1 aromatic heterocycles. The molecule has 1 aliphatic heterocycles. The molecule has 0 aromatic carbocycles. The van der Waals surface area contributed by atoms with E-state index >= 15 is 0 Å². The monoisotopic (exact) mass is 316 g/mol. The second kappa shape index (κ2) is 7.06. The van der Waals surface area contributed by atoms with Crippen LogP contribution in [0, 0.1) is 0 Å². The number of halogens is 1. The number of nitrogens with one attached hydrogen (secondary N) is 1. The maximum Gasteiger partial charge on any atom is 0.320 e. The Morgan fingerprint density at radius 2 is 2.25 bits per heavy atom. The molecule has 5 nitrogen and oxygen atoms in total. The summed E-state index contributed by atoms with van der Waals surface area (Å²) in [5.41, 5.74) is 0. The minimum Gasteiger partial charge on any atom is -0.480 e. The number of amides is 1. The highest BCUT2D eigenvalue weighted by atomic mass is 35.5. The van der Waals surface area contributed by atoms with Gasteiger partial charge in [-0.15, -0.1) is 11.3 Å². The van der Waals surface area contributed by atoms with Crippen molar-refractivity contribution in [2.75, 3.05) is 13.1 Å². The summed E-state index contributed by atoms with van der Waals surface area (Å²) in [6.07, 6.45) is 2.46. The average molecular weight is 317 g/mol. The van der Waals surface area contributed by atoms with E-state index in [1.165, 1.54) is 11.3 Å². The number of hydrogen-bond donors (Lipinski definition) is 2. The summed E-state index contributed by atoms with van der Waals surface area (Å²) in [6, 6.07) is 3.12. The van der Waals surface area contributed by atoms with Crippen LogP contribution in [0.2, 0.25) is 4.34 Å². The van der Waals surface area contributed by atoms with Crippen LogP contribution in [0.5, 0.6) is 0 Å². The van der Waals surface area contributed by atoms with Crippen LogP contribution in [0.15, 0.2) is 12.1 Å². The first-order valence-electron chi connectivity index (χ1n) is 6.54. The van der Waals surface area contributed by atoms with Crippen LogP contribution in [0.1, 0.15) is 24.1 Å². The molecule has 1 fully saturated rings. The summed E-state index contributed by atoms with van der Waals surface area (Å²) in [4.78, 5) is 25.7. The normalized spacial score (nSPS) is 19.8. The average Bonchev–Trinajstić information content (AvgIpc) is 2.83. The fourth-order valence-corrected chi connectivity index (χ4v) is 3.36. The largest absolute Gasteiger partial charge is 0.480 e. The van der Waals surface area contributed by atoms with Gasteiger partial charge in [-0.25, -0.2) is 0 Å². The molecule has 2 N–H and O–H groups in total. The summed E-state index contributed by atoms with van der Waals surface area (Å²) in [5, 5.41) is 11.9. The minimum absolute atomic E-state index is 0.135. The highest BCUT2D eigenvalue weighted by Crippen LogP contribution is 2.21. The van der Waals surface area contributed by atoms with Gasteiger partial charge >= 0.3 is 5.97 Å². The Bertz CT molecular complexity index is 492. The van der Waals surface area contributed by atoms with Crippen LogP contribution in [0.25, 0.3) is 0 Å². The molecular formula is C13H17ClN2O3S. The first kappa shape index (κ1) is 15.3. The highest BCUT2D eigenvalue weighted by Gasteiger charge is 2.29. The lowest BCUT2D eigenvalue weighted by molar-refractivity contribution is -0.145. The van der Waals surface area contributed by atoms with Gasteiger partial charge in [-0.3, -0.25) is 14.5 Å². The molecule has 1 saturated heterocycles. The van der Waals surface area contributed by atoms with Crippen LogP contribution in [0.3, 0.4) is 0 Å². The molecule has 1 atom stereocenters. The first-order valence-corrected chi connectivity index (χ1v) is 7.73. The van der Waals surface area contributed by atoms with Crippen molar-refractivity contribution < 1.29 is 14.7 Å². The number of nitrogens with zero attached hydrogens (tertiary/aromatic N) is 1. The molecule has 0 saturated carbocycles. The van der Waals surface area contributed by atoms with Crippen LogP contribution in [-0.4, -0.2) is 41.0 Å². The fraction of sp³-hybridized carbons (Fsp3) is 0.538. The predicted molar refractivity (Wildman–Crippen MR) is 78.0 cm³/mol. The van der Waals surface area contributed by atoms with E-state index in [2.05, 4.69) is 5.32 Å². The third-order valence-electron chi connectivity index (χ3n) is 3.33. The summed E-state index contributed by atoms with van der Waals surface area (Å²) in [6.45, 7) is 1.23. The molecule has 0 spiro atoms. The van der Waals surface area contributed by atoms with E-state index in [1.807, 2.05) is 6.07 Å². The summed E-state index contributed by atoms with van der Waals surface area (Å²) in [5.74, 6) is -0.995. The molecule has 1 aliphatic rings. The molecule has 110 valence electrons. The standard InChI is InChI=1S/C13H17ClN2O3S/c14-11-5-4-9(20-11)7-15-12(17)8-16-6-2-1-3-10(16)13(18)19/h4-5,10H,1-3,6-8H2,(H,15,17)(H,18,19). The summed E-state index contributed by atoms with van der Waals surface area (Å²) in [7, 11) is 0. The number of rotatable bonds is 5. The molecule has 0 bridgehead atoms. The lowest BCUT2D eigenvalue weighted by Gasteiger charge is -2.32. The van der Waals surface area contributed by atoms with Gasteiger partial charge in [-0.2, -0.15) is 0 Å². The highest BCUT2D eigenvalue weighted by molar-refractivity contribution is 7.16. The van der Waals surface area contributed by atoms with Crippen molar-refractivity contribution in [3.63, 3.8) is 0 Å². The minimum atomic E-state index is -0.845. The molecule has 2 heterocycles. The van der Waals surface area contributed by atoms with Gasteiger partial charge in [0.05, 0.1) is 17.4 Å². The third-order valence-corrected chi connectivity index (χ3v) is 4.57. The molecule has 0 radical (unpaired) electrons. The van der Waals surface area contributed by atoms with Gasteiger partial charge in [0.25, 0.3) is 0 Å². The van der Waals surface area contributed by atoms with Crippen molar-refractivity contribution in [2.45, 2.75) is 31.8 Å². The Balaban J connectivity index is 1.82. The van der Waals surface area contributed by atoms with Crippen molar-refractivity contribution in [1.29, 1.82) is 0 Å². The Kier molecular flexibility index (Phi) is 5.39. The smallest absolute Gasteiger partial charge is 0.320 e. The zero-order valence-corrected chi connectivity index (χ0v) is 12.5. The number of aliphatic carboxylic acids is 1. The van der Waals surface area contributed by atoms with Gasteiger partial charge in [-0.05, 0) is 31.5 Å². The van der Waals surface area contributed by atoms with Gasteiger partial charge in [0, 0.05) is 4.88 Å². The first-order chi connectivity index (χ1) is 9.56. The van der Waals surface area contributed by atoms with Crippen molar-refractivity contribution >= 4 is 34.8 Å². The van der Waals surface area contributed by atoms with Gasteiger partial charge in [0.2, 0.25) is 5.91 Å². The maximum atomic E-state index is 11.9. The number of carbonyl (C=O) groups is 2. The van der Waals surface area contributed by atoms with E-state index in [0.29, 0.717) is 23.8 Å². The molecule has 2 rings (SSSR count). The quantitative estimate of drug-likeness (QED) is 0.871. The molecule has 1 aromatic rings. The Morgan fingerprint density at radius 1 is 1.45 bits per heavy atom. The van der Waals surface area contributed by atoms with Crippen LogP contribution in [-0.2, 0) is 16.1 Å². The lowest BCUT2D eigenvalue weighted by atomic mass is 10.0. The molecular weight excluding hydrogens is 300 g/mol. The second-order valence-electron chi connectivity index (χ2n) is 4.80. The topological polar surface area (TPSA) is 69.6 Å². The molecule has 1 unspecified atom stereocenters. The molecule has 20 heavy (non-hydrogen) atoms. The van der Waals surface area contributed by atoms with Crippen LogP contribution >= 0.6 is 22.9 Å². The second-order valence-corrected chi connectivity index (χ2v) is 6.60. The zero-order valence-electron chi connectivity index (χ0n) is 11.0. The third kappa shape index (κ3) is 4.19. The van der Waals surface area contributed by atoms with Crippen LogP contribution in [0.4, 0.5) is 0 Å². The summed E-state index contributed by atoms with van der Waals surface area (Å²) < 4.78 is 0.691. The van der Waals surface area contributed by atoms with E-state index in [9.17, 15) is 9.59 Å². The van der Waals surface area contributed by atoms with E-state index in [0.717, 1.165) is 17.7 Å². The van der Waals surface area contributed by atoms with Crippen molar-refractivity contribution in [3.8, 4) is 0 Å². The van der Waals surface area contributed by atoms with Gasteiger partial charge in [0.15, 0.2) is 0 Å². The van der Waals surface area contributed by atoms with Crippen molar-refractivity contribution in [1.82, 2.24) is 10.2 Å². The maximum absolute atomic E-state index is 11.9. The Hall–Kier alpha value is -1.11. The molecule has 1 amide bonds. The molecule has 7 heteroatoms. The van der Waals surface area contributed by atoms with Gasteiger partial charge < -0.3 is 10.4 Å².